The molecule has 0 bridgehead atoms. The van der Waals surface area contributed by atoms with Crippen LogP contribution < -0.4 is 20.4 Å². The number of para-hydroxylation sites is 4. The standard InChI is InChI=1S/2C20H14Br2N2O2.2C5H5N.2Zn/c2*21-15-5-7-19(25)13(9-15)11-23-17-3-1-2-4-18(17)24-12-14-10-16(22)6-8-20(14)26;2*1-2-4-6-5-3-1;;/h2*1-12,25-26H;2*1-5H;;/q;;;;2*+2/p-4. The summed E-state index contributed by atoms with van der Waals surface area (Å²) in [6.07, 6.45) is 13.1. The van der Waals surface area contributed by atoms with Gasteiger partial charge >= 0.3 is 39.0 Å². The van der Waals surface area contributed by atoms with Gasteiger partial charge in [-0.15, -0.1) is 0 Å². The Kier molecular flexibility index (Phi) is 25.0. The first kappa shape index (κ1) is 55.0. The molecule has 66 heavy (non-hydrogen) atoms. The van der Waals surface area contributed by atoms with Gasteiger partial charge in [0.25, 0.3) is 0 Å². The van der Waals surface area contributed by atoms with E-state index in [4.69, 9.17) is 0 Å². The Morgan fingerprint density at radius 3 is 0.727 bits per heavy atom. The van der Waals surface area contributed by atoms with Crippen molar-refractivity contribution in [3.63, 3.8) is 0 Å². The van der Waals surface area contributed by atoms with Gasteiger partial charge in [0, 0.05) is 67.5 Å². The first-order valence-electron chi connectivity index (χ1n) is 19.0. The molecule has 10 nitrogen and oxygen atoms in total. The van der Waals surface area contributed by atoms with Gasteiger partial charge in [0.05, 0.1) is 22.7 Å². The Labute approximate surface area is 442 Å². The number of benzene rings is 6. The van der Waals surface area contributed by atoms with E-state index in [1.54, 1.807) is 97.6 Å². The van der Waals surface area contributed by atoms with Crippen molar-refractivity contribution < 1.29 is 59.4 Å². The van der Waals surface area contributed by atoms with Crippen LogP contribution in [0.2, 0.25) is 0 Å². The zero-order valence-electron chi connectivity index (χ0n) is 34.9. The van der Waals surface area contributed by atoms with E-state index in [-0.39, 0.29) is 62.0 Å². The minimum atomic E-state index is -0.108. The second-order valence-electron chi connectivity index (χ2n) is 12.8. The van der Waals surface area contributed by atoms with Crippen LogP contribution in [0.5, 0.6) is 23.0 Å². The van der Waals surface area contributed by atoms with Crippen molar-refractivity contribution in [2.75, 3.05) is 0 Å². The molecule has 0 N–H and O–H groups in total. The normalized spacial score (nSPS) is 10.5. The second kappa shape index (κ2) is 30.1. The number of rotatable bonds is 8. The van der Waals surface area contributed by atoms with Gasteiger partial charge in [-0.1, -0.05) is 147 Å². The summed E-state index contributed by atoms with van der Waals surface area (Å²) in [6.45, 7) is 0. The summed E-state index contributed by atoms with van der Waals surface area (Å²) in [7, 11) is 0. The summed E-state index contributed by atoms with van der Waals surface area (Å²) in [5.74, 6) is -0.433. The van der Waals surface area contributed by atoms with Crippen LogP contribution in [0.3, 0.4) is 0 Å². The van der Waals surface area contributed by atoms with Crippen molar-refractivity contribution in [1.82, 2.24) is 9.97 Å². The largest absolute Gasteiger partial charge is 2.00 e. The number of nitrogens with zero attached hydrogens (tertiary/aromatic N) is 6. The van der Waals surface area contributed by atoms with Gasteiger partial charge in [-0.25, -0.2) is 0 Å². The van der Waals surface area contributed by atoms with Gasteiger partial charge < -0.3 is 20.4 Å². The van der Waals surface area contributed by atoms with Gasteiger partial charge in [0.1, 0.15) is 0 Å². The molecule has 0 aliphatic heterocycles. The van der Waals surface area contributed by atoms with Crippen LogP contribution in [0.15, 0.2) is 220 Å². The minimum absolute atomic E-state index is 0. The molecule has 0 unspecified atom stereocenters. The van der Waals surface area contributed by atoms with Gasteiger partial charge in [0.2, 0.25) is 0 Å². The van der Waals surface area contributed by atoms with E-state index in [1.807, 2.05) is 60.7 Å². The summed E-state index contributed by atoms with van der Waals surface area (Å²) < 4.78 is 3.23. The van der Waals surface area contributed by atoms with E-state index < -0.39 is 0 Å². The molecule has 0 aliphatic rings. The number of hydrogen-bond donors (Lipinski definition) is 0. The molecule has 16 heteroatoms. The van der Waals surface area contributed by atoms with Crippen molar-refractivity contribution in [1.29, 1.82) is 0 Å². The van der Waals surface area contributed by atoms with E-state index in [0.717, 1.165) is 17.9 Å². The first-order valence-corrected chi connectivity index (χ1v) is 22.1. The van der Waals surface area contributed by atoms with E-state index >= 15 is 0 Å². The summed E-state index contributed by atoms with van der Waals surface area (Å²) in [5, 5.41) is 47.5. The van der Waals surface area contributed by atoms with Crippen LogP contribution in [0.1, 0.15) is 22.3 Å². The third-order valence-electron chi connectivity index (χ3n) is 8.15. The van der Waals surface area contributed by atoms with Crippen LogP contribution in [0.25, 0.3) is 0 Å². The summed E-state index contributed by atoms with van der Waals surface area (Å²) >= 11 is 13.4. The smallest absolute Gasteiger partial charge is 0.872 e. The third kappa shape index (κ3) is 19.3. The summed E-state index contributed by atoms with van der Waals surface area (Å²) in [5.41, 5.74) is 4.32. The Morgan fingerprint density at radius 1 is 0.318 bits per heavy atom. The van der Waals surface area contributed by atoms with E-state index in [9.17, 15) is 20.4 Å². The maximum atomic E-state index is 11.9. The molecule has 8 rings (SSSR count). The monoisotopic (exact) mass is 1230 g/mol. The fraction of sp³-hybridized carbons (Fsp3) is 0. The second-order valence-corrected chi connectivity index (χ2v) is 16.5. The molecular weight excluding hydrogens is 1200 g/mol. The van der Waals surface area contributed by atoms with E-state index in [1.165, 1.54) is 49.1 Å². The van der Waals surface area contributed by atoms with Crippen LogP contribution in [-0.2, 0) is 39.0 Å². The minimum Gasteiger partial charge on any atom is -0.872 e. The van der Waals surface area contributed by atoms with Crippen LogP contribution in [-0.4, -0.2) is 34.8 Å². The van der Waals surface area contributed by atoms with Crippen LogP contribution in [0, 0.1) is 0 Å². The number of aliphatic imine (C=N–C) groups is 4. The van der Waals surface area contributed by atoms with Crippen molar-refractivity contribution in [3.05, 3.63) is 223 Å². The molecule has 0 atom stereocenters. The first-order chi connectivity index (χ1) is 31.0. The zero-order valence-corrected chi connectivity index (χ0v) is 47.2. The molecule has 0 aliphatic carbocycles. The summed E-state index contributed by atoms with van der Waals surface area (Å²) in [6, 6.07) is 45.5. The van der Waals surface area contributed by atoms with Crippen LogP contribution in [0.4, 0.5) is 22.7 Å². The average molecular weight is 1230 g/mol. The van der Waals surface area contributed by atoms with Gasteiger partial charge in [-0.05, 0) is 119 Å². The van der Waals surface area contributed by atoms with Gasteiger partial charge in [-0.2, -0.15) is 0 Å². The Hall–Kier alpha value is -5.33. The van der Waals surface area contributed by atoms with E-state index in [2.05, 4.69) is 93.7 Å². The SMILES string of the molecule is [O-]c1ccc(Br)cc1C=Nc1ccccc1N=Cc1cc(Br)ccc1[O-].[O-]c1ccc(Br)cc1C=Nc1ccccc1N=Cc1cc(Br)ccc1[O-].[Zn+2].[Zn+2].c1ccncc1.c1ccncc1. The fourth-order valence-electron chi connectivity index (χ4n) is 5.03. The van der Waals surface area contributed by atoms with Gasteiger partial charge in [0.15, 0.2) is 0 Å². The van der Waals surface area contributed by atoms with Crippen molar-refractivity contribution in [2.24, 2.45) is 20.0 Å². The fourth-order valence-corrected chi connectivity index (χ4v) is 6.54. The number of hydrogen-bond acceptors (Lipinski definition) is 10. The molecule has 0 saturated carbocycles. The molecule has 0 radical (unpaired) electrons. The van der Waals surface area contributed by atoms with Gasteiger partial charge in [-0.3, -0.25) is 29.9 Å². The molecule has 2 heterocycles. The molecule has 0 spiro atoms. The Bertz CT molecular complexity index is 2450. The number of halogens is 4. The molecule has 0 fully saturated rings. The topological polar surface area (TPSA) is 167 Å². The average Bonchev–Trinajstić information content (AvgIpc) is 3.32. The molecular formula is C50H34Br4N6O4Zn2. The number of pyridine rings is 2. The quantitative estimate of drug-likeness (QED) is 0.108. The molecule has 8 aromatic rings. The maximum absolute atomic E-state index is 11.9. The van der Waals surface area contributed by atoms with Crippen molar-refractivity contribution >= 4 is 111 Å². The van der Waals surface area contributed by atoms with Crippen molar-refractivity contribution in [3.8, 4) is 23.0 Å². The summed E-state index contributed by atoms with van der Waals surface area (Å²) in [4.78, 5) is 25.1. The third-order valence-corrected chi connectivity index (χ3v) is 10.1. The predicted molar refractivity (Wildman–Crippen MR) is 265 cm³/mol. The van der Waals surface area contributed by atoms with E-state index in [0.29, 0.717) is 45.0 Å². The number of aromatic nitrogens is 2. The molecule has 6 aromatic carbocycles. The predicted octanol–water partition coefficient (Wildman–Crippen LogP) is 11.9. The maximum Gasteiger partial charge on any atom is 2.00 e. The molecule has 0 saturated heterocycles. The Morgan fingerprint density at radius 2 is 0.545 bits per heavy atom. The van der Waals surface area contributed by atoms with Crippen molar-refractivity contribution in [2.45, 2.75) is 0 Å². The molecule has 0 amide bonds. The molecule has 320 valence electrons. The molecule has 2 aromatic heterocycles. The van der Waals surface area contributed by atoms with Crippen LogP contribution >= 0.6 is 63.7 Å². The zero-order chi connectivity index (χ0) is 45.5. The Balaban J connectivity index is 0.000000272.